The number of nitrogens with zero attached hydrogens (tertiary/aromatic N) is 1. The minimum absolute atomic E-state index is 0.470. The van der Waals surface area contributed by atoms with Gasteiger partial charge in [0.15, 0.2) is 0 Å². The summed E-state index contributed by atoms with van der Waals surface area (Å²) in [6, 6.07) is 0. The van der Waals surface area contributed by atoms with E-state index in [1.54, 1.807) is 0 Å². The highest BCUT2D eigenvalue weighted by Crippen LogP contribution is 2.32. The zero-order valence-electron chi connectivity index (χ0n) is 8.42. The lowest BCUT2D eigenvalue weighted by molar-refractivity contribution is -0.134. The fraction of sp³-hybridized carbons (Fsp3) is 1.00. The van der Waals surface area contributed by atoms with Gasteiger partial charge in [-0.25, -0.2) is 0 Å². The Morgan fingerprint density at radius 2 is 1.85 bits per heavy atom. The molecule has 0 aliphatic carbocycles. The van der Waals surface area contributed by atoms with Gasteiger partial charge in [-0.2, -0.15) is 0 Å². The van der Waals surface area contributed by atoms with Gasteiger partial charge in [0, 0.05) is 25.0 Å². The van der Waals surface area contributed by atoms with E-state index in [4.69, 9.17) is 9.47 Å². The Bertz CT molecular complexity index is 157. The molecule has 0 unspecified atom stereocenters. The van der Waals surface area contributed by atoms with Crippen LogP contribution in [0.15, 0.2) is 0 Å². The Hall–Kier alpha value is -0.120. The normalized spacial score (nSPS) is 28.4. The van der Waals surface area contributed by atoms with Crippen LogP contribution in [0.4, 0.5) is 0 Å². The lowest BCUT2D eigenvalue weighted by Gasteiger charge is -2.44. The zero-order valence-corrected chi connectivity index (χ0v) is 8.42. The molecule has 0 atom stereocenters. The summed E-state index contributed by atoms with van der Waals surface area (Å²) >= 11 is 0. The average molecular weight is 185 g/mol. The van der Waals surface area contributed by atoms with Crippen LogP contribution in [0.1, 0.15) is 13.3 Å². The molecule has 2 heterocycles. The van der Waals surface area contributed by atoms with Crippen molar-refractivity contribution in [3.63, 3.8) is 0 Å². The summed E-state index contributed by atoms with van der Waals surface area (Å²) in [4.78, 5) is 2.51. The molecule has 2 rings (SSSR count). The standard InChI is InChI=1S/C10H19NO2/c1-2-10(8-13-9-10)7-11-3-5-12-6-4-11/h2-9H2,1H3. The Kier molecular flexibility index (Phi) is 2.86. The molecule has 13 heavy (non-hydrogen) atoms. The van der Waals surface area contributed by atoms with Crippen molar-refractivity contribution in [1.82, 2.24) is 4.90 Å². The molecular formula is C10H19NO2. The molecule has 0 aromatic carbocycles. The Balaban J connectivity index is 1.81. The maximum absolute atomic E-state index is 5.33. The van der Waals surface area contributed by atoms with Gasteiger partial charge in [0.05, 0.1) is 26.4 Å². The van der Waals surface area contributed by atoms with E-state index in [9.17, 15) is 0 Å². The molecule has 0 amide bonds. The van der Waals surface area contributed by atoms with Crippen LogP contribution in [0.25, 0.3) is 0 Å². The first-order valence-electron chi connectivity index (χ1n) is 5.22. The zero-order chi connectivity index (χ0) is 9.15. The van der Waals surface area contributed by atoms with Gasteiger partial charge in [-0.05, 0) is 6.42 Å². The van der Waals surface area contributed by atoms with Crippen molar-refractivity contribution >= 4 is 0 Å². The van der Waals surface area contributed by atoms with Crippen molar-refractivity contribution in [2.45, 2.75) is 13.3 Å². The topological polar surface area (TPSA) is 21.7 Å². The Labute approximate surface area is 80.0 Å². The lowest BCUT2D eigenvalue weighted by Crippen LogP contribution is -2.52. The van der Waals surface area contributed by atoms with E-state index in [0.29, 0.717) is 5.41 Å². The third-order valence-corrected chi connectivity index (χ3v) is 3.23. The van der Waals surface area contributed by atoms with E-state index < -0.39 is 0 Å². The van der Waals surface area contributed by atoms with Gasteiger partial charge in [0.1, 0.15) is 0 Å². The van der Waals surface area contributed by atoms with Crippen LogP contribution < -0.4 is 0 Å². The lowest BCUT2D eigenvalue weighted by atomic mass is 9.82. The molecule has 0 aromatic rings. The Morgan fingerprint density at radius 3 is 2.31 bits per heavy atom. The van der Waals surface area contributed by atoms with Gasteiger partial charge in [-0.3, -0.25) is 4.90 Å². The number of hydrogen-bond acceptors (Lipinski definition) is 3. The third kappa shape index (κ3) is 2.03. The molecule has 2 saturated heterocycles. The summed E-state index contributed by atoms with van der Waals surface area (Å²) in [5.74, 6) is 0. The minimum Gasteiger partial charge on any atom is -0.380 e. The molecule has 2 aliphatic heterocycles. The largest absolute Gasteiger partial charge is 0.380 e. The Morgan fingerprint density at radius 1 is 1.15 bits per heavy atom. The minimum atomic E-state index is 0.470. The maximum Gasteiger partial charge on any atom is 0.0594 e. The van der Waals surface area contributed by atoms with Crippen LogP contribution in [-0.2, 0) is 9.47 Å². The van der Waals surface area contributed by atoms with Crippen LogP contribution in [-0.4, -0.2) is 51.0 Å². The van der Waals surface area contributed by atoms with E-state index in [-0.39, 0.29) is 0 Å². The highest BCUT2D eigenvalue weighted by atomic mass is 16.5. The fourth-order valence-corrected chi connectivity index (χ4v) is 2.03. The van der Waals surface area contributed by atoms with E-state index in [0.717, 1.165) is 39.5 Å². The van der Waals surface area contributed by atoms with Crippen LogP contribution >= 0.6 is 0 Å². The molecule has 0 spiro atoms. The van der Waals surface area contributed by atoms with Gasteiger partial charge in [0.2, 0.25) is 0 Å². The van der Waals surface area contributed by atoms with Gasteiger partial charge in [0.25, 0.3) is 0 Å². The summed E-state index contributed by atoms with van der Waals surface area (Å²) in [6.07, 6.45) is 1.24. The number of hydrogen-bond donors (Lipinski definition) is 0. The molecule has 2 fully saturated rings. The van der Waals surface area contributed by atoms with Crippen LogP contribution in [0.3, 0.4) is 0 Å². The van der Waals surface area contributed by atoms with Crippen molar-refractivity contribution in [1.29, 1.82) is 0 Å². The maximum atomic E-state index is 5.33. The van der Waals surface area contributed by atoms with Gasteiger partial charge >= 0.3 is 0 Å². The highest BCUT2D eigenvalue weighted by molar-refractivity contribution is 4.87. The number of morpholine rings is 1. The smallest absolute Gasteiger partial charge is 0.0594 e. The monoisotopic (exact) mass is 185 g/mol. The van der Waals surface area contributed by atoms with Crippen LogP contribution in [0.5, 0.6) is 0 Å². The molecule has 0 aromatic heterocycles. The summed E-state index contributed by atoms with van der Waals surface area (Å²) < 4.78 is 10.6. The predicted molar refractivity (Wildman–Crippen MR) is 50.8 cm³/mol. The van der Waals surface area contributed by atoms with Crippen molar-refractivity contribution in [3.8, 4) is 0 Å². The molecule has 2 aliphatic rings. The molecular weight excluding hydrogens is 166 g/mol. The van der Waals surface area contributed by atoms with Gasteiger partial charge in [-0.1, -0.05) is 6.92 Å². The third-order valence-electron chi connectivity index (χ3n) is 3.23. The average Bonchev–Trinajstić information content (AvgIpc) is 2.13. The molecule has 0 N–H and O–H groups in total. The second-order valence-electron chi connectivity index (χ2n) is 4.23. The van der Waals surface area contributed by atoms with E-state index in [1.807, 2.05) is 0 Å². The first-order chi connectivity index (χ1) is 6.35. The van der Waals surface area contributed by atoms with Crippen molar-refractivity contribution in [3.05, 3.63) is 0 Å². The molecule has 0 bridgehead atoms. The first-order valence-corrected chi connectivity index (χ1v) is 5.22. The first kappa shape index (κ1) is 9.44. The van der Waals surface area contributed by atoms with Crippen molar-refractivity contribution < 1.29 is 9.47 Å². The summed E-state index contributed by atoms with van der Waals surface area (Å²) in [7, 11) is 0. The van der Waals surface area contributed by atoms with Crippen LogP contribution in [0.2, 0.25) is 0 Å². The van der Waals surface area contributed by atoms with Crippen molar-refractivity contribution in [2.24, 2.45) is 5.41 Å². The quantitative estimate of drug-likeness (QED) is 0.647. The number of rotatable bonds is 3. The number of ether oxygens (including phenoxy) is 2. The molecule has 3 nitrogen and oxygen atoms in total. The van der Waals surface area contributed by atoms with Gasteiger partial charge in [-0.15, -0.1) is 0 Å². The van der Waals surface area contributed by atoms with E-state index in [1.165, 1.54) is 13.0 Å². The van der Waals surface area contributed by atoms with E-state index >= 15 is 0 Å². The van der Waals surface area contributed by atoms with Crippen LogP contribution in [0, 0.1) is 5.41 Å². The summed E-state index contributed by atoms with van der Waals surface area (Å²) in [6.45, 7) is 9.39. The SMILES string of the molecule is CCC1(CN2CCOCC2)COC1. The predicted octanol–water partition coefficient (Wildman–Crippen LogP) is 0.745. The fourth-order valence-electron chi connectivity index (χ4n) is 2.03. The second-order valence-corrected chi connectivity index (χ2v) is 4.23. The highest BCUT2D eigenvalue weighted by Gasteiger charge is 2.38. The summed E-state index contributed by atoms with van der Waals surface area (Å²) in [5.41, 5.74) is 0.470. The van der Waals surface area contributed by atoms with Gasteiger partial charge < -0.3 is 9.47 Å². The second kappa shape index (κ2) is 3.95. The molecule has 0 radical (unpaired) electrons. The van der Waals surface area contributed by atoms with Crippen molar-refractivity contribution in [2.75, 3.05) is 46.1 Å². The molecule has 3 heteroatoms. The van der Waals surface area contributed by atoms with E-state index in [2.05, 4.69) is 11.8 Å². The summed E-state index contributed by atoms with van der Waals surface area (Å²) in [5, 5.41) is 0. The molecule has 76 valence electrons. The molecule has 0 saturated carbocycles.